The van der Waals surface area contributed by atoms with Crippen LogP contribution < -0.4 is 0 Å². The minimum absolute atomic E-state index is 0.164. The van der Waals surface area contributed by atoms with Gasteiger partial charge in [-0.3, -0.25) is 0 Å². The molecule has 0 saturated heterocycles. The van der Waals surface area contributed by atoms with Crippen LogP contribution in [0.2, 0.25) is 0 Å². The first-order chi connectivity index (χ1) is 8.43. The molecule has 0 aliphatic carbocycles. The molecule has 1 nitrogen and oxygen atoms in total. The fourth-order valence-corrected chi connectivity index (χ4v) is 1.38. The predicted molar refractivity (Wildman–Crippen MR) is 76.1 cm³/mol. The monoisotopic (exact) mass is 240 g/mol. The van der Waals surface area contributed by atoms with Crippen LogP contribution in [-0.4, -0.2) is 11.2 Å². The average molecular weight is 240 g/mol. The quantitative estimate of drug-likeness (QED) is 0.748. The zero-order valence-corrected chi connectivity index (χ0v) is 11.5. The Morgan fingerprint density at radius 2 is 1.72 bits per heavy atom. The van der Waals surface area contributed by atoms with Crippen molar-refractivity contribution in [3.05, 3.63) is 35.4 Å². The number of rotatable bonds is 1. The Kier molecular flexibility index (Phi) is 5.02. The van der Waals surface area contributed by atoms with Crippen molar-refractivity contribution in [2.45, 2.75) is 45.6 Å². The Hall–Kier alpha value is -1.70. The van der Waals surface area contributed by atoms with Crippen molar-refractivity contribution in [3.63, 3.8) is 0 Å². The van der Waals surface area contributed by atoms with Gasteiger partial charge >= 0.3 is 0 Å². The summed E-state index contributed by atoms with van der Waals surface area (Å²) in [5, 5.41) is 9.24. The molecule has 1 aromatic rings. The summed E-state index contributed by atoms with van der Waals surface area (Å²) >= 11 is 0. The van der Waals surface area contributed by atoms with E-state index in [1.165, 1.54) is 5.56 Å². The first-order valence-electron chi connectivity index (χ1n) is 6.23. The Morgan fingerprint density at radius 1 is 1.11 bits per heavy atom. The van der Waals surface area contributed by atoms with Crippen molar-refractivity contribution in [1.29, 1.82) is 0 Å². The Bertz CT molecular complexity index is 495. The van der Waals surface area contributed by atoms with Crippen molar-refractivity contribution in [1.82, 2.24) is 0 Å². The van der Waals surface area contributed by atoms with Gasteiger partial charge in [0.2, 0.25) is 0 Å². The van der Waals surface area contributed by atoms with Crippen LogP contribution >= 0.6 is 0 Å². The number of hydrogen-bond acceptors (Lipinski definition) is 1. The summed E-state index contributed by atoms with van der Waals surface area (Å²) in [6.45, 7) is 8.44. The minimum atomic E-state index is -0.567. The molecular weight excluding hydrogens is 220 g/mol. The van der Waals surface area contributed by atoms with E-state index in [1.54, 1.807) is 0 Å². The lowest BCUT2D eigenvalue weighted by Gasteiger charge is -2.18. The number of hydrogen-bond donors (Lipinski definition) is 1. The first kappa shape index (κ1) is 14.4. The van der Waals surface area contributed by atoms with Gasteiger partial charge in [0.1, 0.15) is 6.10 Å². The van der Waals surface area contributed by atoms with Gasteiger partial charge in [0, 0.05) is 5.56 Å². The molecule has 18 heavy (non-hydrogen) atoms. The molecule has 0 fully saturated rings. The summed E-state index contributed by atoms with van der Waals surface area (Å²) < 4.78 is 0. The summed E-state index contributed by atoms with van der Waals surface area (Å²) in [5.41, 5.74) is 2.40. The second kappa shape index (κ2) is 6.29. The van der Waals surface area contributed by atoms with E-state index in [0.717, 1.165) is 5.56 Å². The third kappa shape index (κ3) is 4.66. The third-order valence-corrected chi connectivity index (χ3v) is 2.65. The fraction of sp³-hybridized carbons (Fsp3) is 0.412. The molecule has 0 spiro atoms. The van der Waals surface area contributed by atoms with Crippen LogP contribution in [0.5, 0.6) is 0 Å². The van der Waals surface area contributed by atoms with Crippen LogP contribution in [0.3, 0.4) is 0 Å². The van der Waals surface area contributed by atoms with E-state index in [9.17, 15) is 5.11 Å². The molecular formula is C17H20O. The molecule has 94 valence electrons. The number of aliphatic hydroxyl groups excluding tert-OH is 1. The molecule has 1 N–H and O–H groups in total. The van der Waals surface area contributed by atoms with E-state index in [-0.39, 0.29) is 5.41 Å². The maximum atomic E-state index is 9.24. The van der Waals surface area contributed by atoms with E-state index in [1.807, 2.05) is 19.1 Å². The minimum Gasteiger partial charge on any atom is -0.380 e. The molecule has 1 heteroatoms. The summed E-state index contributed by atoms with van der Waals surface area (Å²) in [6, 6.07) is 8.20. The van der Waals surface area contributed by atoms with Gasteiger partial charge in [-0.25, -0.2) is 0 Å². The molecule has 0 heterocycles. The van der Waals surface area contributed by atoms with Gasteiger partial charge < -0.3 is 5.11 Å². The van der Waals surface area contributed by atoms with Crippen LogP contribution in [0.1, 0.15) is 45.2 Å². The summed E-state index contributed by atoms with van der Waals surface area (Å²) in [5.74, 6) is 11.1. The smallest absolute Gasteiger partial charge is 0.115 e. The van der Waals surface area contributed by atoms with Gasteiger partial charge in [-0.05, 0) is 41.4 Å². The topological polar surface area (TPSA) is 20.2 Å². The van der Waals surface area contributed by atoms with E-state index < -0.39 is 6.10 Å². The van der Waals surface area contributed by atoms with Crippen molar-refractivity contribution >= 4 is 0 Å². The Morgan fingerprint density at radius 3 is 2.22 bits per heavy atom. The van der Waals surface area contributed by atoms with Gasteiger partial charge in [0.25, 0.3) is 0 Å². The van der Waals surface area contributed by atoms with E-state index in [2.05, 4.69) is 56.6 Å². The van der Waals surface area contributed by atoms with Crippen LogP contribution in [0.25, 0.3) is 0 Å². The SMILES string of the molecule is CC[C@H](O)C#CC#Cc1ccc(C(C)(C)C)cc1. The molecule has 0 aliphatic rings. The highest BCUT2D eigenvalue weighted by Crippen LogP contribution is 2.21. The fourth-order valence-electron chi connectivity index (χ4n) is 1.38. The van der Waals surface area contributed by atoms with Crippen molar-refractivity contribution in [2.75, 3.05) is 0 Å². The molecule has 0 unspecified atom stereocenters. The standard InChI is InChI=1S/C17H20O/c1-5-16(18)9-7-6-8-14-10-12-15(13-11-14)17(2,3)4/h10-13,16,18H,5H2,1-4H3/t16-/m0/s1. The van der Waals surface area contributed by atoms with Crippen molar-refractivity contribution in [2.24, 2.45) is 0 Å². The molecule has 0 aliphatic heterocycles. The molecule has 0 amide bonds. The largest absolute Gasteiger partial charge is 0.380 e. The lowest BCUT2D eigenvalue weighted by Crippen LogP contribution is -2.10. The summed E-state index contributed by atoms with van der Waals surface area (Å²) in [6.07, 6.45) is 0.0668. The Labute approximate surface area is 110 Å². The van der Waals surface area contributed by atoms with E-state index in [4.69, 9.17) is 0 Å². The van der Waals surface area contributed by atoms with Gasteiger partial charge in [0.05, 0.1) is 0 Å². The zero-order valence-electron chi connectivity index (χ0n) is 11.5. The third-order valence-electron chi connectivity index (χ3n) is 2.65. The molecule has 0 aromatic heterocycles. The summed E-state index contributed by atoms with van der Waals surface area (Å²) in [7, 11) is 0. The number of aliphatic hydroxyl groups is 1. The van der Waals surface area contributed by atoms with Crippen LogP contribution in [0, 0.1) is 23.7 Å². The number of benzene rings is 1. The van der Waals surface area contributed by atoms with E-state index in [0.29, 0.717) is 6.42 Å². The molecule has 1 rings (SSSR count). The van der Waals surface area contributed by atoms with Crippen molar-refractivity contribution in [3.8, 4) is 23.7 Å². The molecule has 0 bridgehead atoms. The van der Waals surface area contributed by atoms with Gasteiger partial charge in [-0.2, -0.15) is 0 Å². The van der Waals surface area contributed by atoms with Crippen LogP contribution in [0.4, 0.5) is 0 Å². The first-order valence-corrected chi connectivity index (χ1v) is 6.23. The molecule has 0 radical (unpaired) electrons. The normalized spacial score (nSPS) is 11.8. The van der Waals surface area contributed by atoms with Crippen LogP contribution in [0.15, 0.2) is 24.3 Å². The molecule has 1 atom stereocenters. The molecule has 1 aromatic carbocycles. The van der Waals surface area contributed by atoms with E-state index >= 15 is 0 Å². The van der Waals surface area contributed by atoms with Gasteiger partial charge in [-0.15, -0.1) is 0 Å². The second-order valence-electron chi connectivity index (χ2n) is 5.27. The van der Waals surface area contributed by atoms with Gasteiger partial charge in [-0.1, -0.05) is 51.7 Å². The van der Waals surface area contributed by atoms with Crippen molar-refractivity contribution < 1.29 is 5.11 Å². The predicted octanol–water partition coefficient (Wildman–Crippen LogP) is 3.11. The Balaban J connectivity index is 2.75. The van der Waals surface area contributed by atoms with Crippen LogP contribution in [-0.2, 0) is 5.41 Å². The highest BCUT2D eigenvalue weighted by molar-refractivity contribution is 5.42. The lowest BCUT2D eigenvalue weighted by atomic mass is 9.87. The summed E-state index contributed by atoms with van der Waals surface area (Å²) in [4.78, 5) is 0. The maximum Gasteiger partial charge on any atom is 0.115 e. The highest BCUT2D eigenvalue weighted by atomic mass is 16.3. The van der Waals surface area contributed by atoms with Gasteiger partial charge in [0.15, 0.2) is 0 Å². The lowest BCUT2D eigenvalue weighted by molar-refractivity contribution is 0.228. The zero-order chi connectivity index (χ0) is 13.6. The maximum absolute atomic E-state index is 9.24. The second-order valence-corrected chi connectivity index (χ2v) is 5.27. The highest BCUT2D eigenvalue weighted by Gasteiger charge is 2.12. The molecule has 0 saturated carbocycles. The average Bonchev–Trinajstić information content (AvgIpc) is 2.33.